The number of morpholine rings is 1. The molecule has 1 N–H and O–H groups in total. The largest absolute Gasteiger partial charge is 0.393 e. The minimum Gasteiger partial charge on any atom is -0.393 e. The molecule has 1 aliphatic heterocycles. The molecule has 84 valence electrons. The van der Waals surface area contributed by atoms with Crippen molar-refractivity contribution in [1.29, 1.82) is 0 Å². The molecule has 0 amide bonds. The van der Waals surface area contributed by atoms with Gasteiger partial charge in [-0.05, 0) is 25.3 Å². The lowest BCUT2D eigenvalue weighted by Crippen LogP contribution is -2.37. The van der Waals surface area contributed by atoms with Gasteiger partial charge in [0.2, 0.25) is 0 Å². The predicted octanol–water partition coefficient (Wildman–Crippen LogP) is 1.12. The monoisotopic (exact) mass is 201 g/mol. The Morgan fingerprint density at radius 2 is 1.93 bits per heavy atom. The van der Waals surface area contributed by atoms with E-state index in [4.69, 9.17) is 4.74 Å². The second-order valence-corrected chi connectivity index (χ2v) is 4.41. The van der Waals surface area contributed by atoms with E-state index in [2.05, 4.69) is 18.7 Å². The van der Waals surface area contributed by atoms with Crippen LogP contribution in [0.2, 0.25) is 0 Å². The zero-order chi connectivity index (χ0) is 10.4. The Balaban J connectivity index is 2.02. The van der Waals surface area contributed by atoms with Gasteiger partial charge in [0.25, 0.3) is 0 Å². The first-order valence-electron chi connectivity index (χ1n) is 5.68. The SMILES string of the molecule is CC(C)C(O)CCCN1CCOCC1. The quantitative estimate of drug-likeness (QED) is 0.723. The summed E-state index contributed by atoms with van der Waals surface area (Å²) in [5, 5.41) is 9.61. The highest BCUT2D eigenvalue weighted by atomic mass is 16.5. The zero-order valence-corrected chi connectivity index (χ0v) is 9.41. The molecule has 14 heavy (non-hydrogen) atoms. The molecule has 1 rings (SSSR count). The maximum atomic E-state index is 9.61. The first-order valence-corrected chi connectivity index (χ1v) is 5.68. The Hall–Kier alpha value is -0.120. The third-order valence-electron chi connectivity index (χ3n) is 2.85. The number of ether oxygens (including phenoxy) is 1. The van der Waals surface area contributed by atoms with Crippen molar-refractivity contribution in [3.05, 3.63) is 0 Å². The second-order valence-electron chi connectivity index (χ2n) is 4.41. The molecular formula is C11H23NO2. The van der Waals surface area contributed by atoms with E-state index in [1.165, 1.54) is 0 Å². The number of aliphatic hydroxyl groups is 1. The average molecular weight is 201 g/mol. The maximum Gasteiger partial charge on any atom is 0.0594 e. The fourth-order valence-corrected chi connectivity index (χ4v) is 1.68. The number of hydrogen-bond donors (Lipinski definition) is 1. The first kappa shape index (κ1) is 12.0. The summed E-state index contributed by atoms with van der Waals surface area (Å²) < 4.78 is 5.27. The predicted molar refractivity (Wildman–Crippen MR) is 57.3 cm³/mol. The standard InChI is InChI=1S/C11H23NO2/c1-10(2)11(13)4-3-5-12-6-8-14-9-7-12/h10-11,13H,3-9H2,1-2H3. The van der Waals surface area contributed by atoms with Gasteiger partial charge in [-0.15, -0.1) is 0 Å². The number of nitrogens with zero attached hydrogens (tertiary/aromatic N) is 1. The highest BCUT2D eigenvalue weighted by Crippen LogP contribution is 2.09. The summed E-state index contributed by atoms with van der Waals surface area (Å²) in [6.07, 6.45) is 1.89. The van der Waals surface area contributed by atoms with Crippen LogP contribution in [0.5, 0.6) is 0 Å². The van der Waals surface area contributed by atoms with Crippen molar-refractivity contribution in [2.24, 2.45) is 5.92 Å². The van der Waals surface area contributed by atoms with Crippen LogP contribution in [0.25, 0.3) is 0 Å². The summed E-state index contributed by atoms with van der Waals surface area (Å²) >= 11 is 0. The summed E-state index contributed by atoms with van der Waals surface area (Å²) in [5.74, 6) is 0.389. The van der Waals surface area contributed by atoms with Gasteiger partial charge in [-0.2, -0.15) is 0 Å². The molecule has 1 saturated heterocycles. The van der Waals surface area contributed by atoms with Crippen LogP contribution in [0.3, 0.4) is 0 Å². The summed E-state index contributed by atoms with van der Waals surface area (Å²) in [4.78, 5) is 2.41. The number of aliphatic hydroxyl groups excluding tert-OH is 1. The summed E-state index contributed by atoms with van der Waals surface area (Å²) in [6.45, 7) is 9.08. The van der Waals surface area contributed by atoms with Crippen LogP contribution >= 0.6 is 0 Å². The van der Waals surface area contributed by atoms with E-state index in [0.717, 1.165) is 45.7 Å². The second kappa shape index (κ2) is 6.38. The van der Waals surface area contributed by atoms with Crippen molar-refractivity contribution in [2.45, 2.75) is 32.8 Å². The average Bonchev–Trinajstić information content (AvgIpc) is 2.19. The molecule has 0 radical (unpaired) electrons. The molecule has 0 aromatic heterocycles. The third kappa shape index (κ3) is 4.40. The van der Waals surface area contributed by atoms with E-state index in [-0.39, 0.29) is 6.10 Å². The van der Waals surface area contributed by atoms with Crippen LogP contribution in [0.1, 0.15) is 26.7 Å². The van der Waals surface area contributed by atoms with Gasteiger partial charge in [0.15, 0.2) is 0 Å². The minimum atomic E-state index is -0.129. The molecule has 0 bridgehead atoms. The van der Waals surface area contributed by atoms with Crippen molar-refractivity contribution >= 4 is 0 Å². The van der Waals surface area contributed by atoms with E-state index in [0.29, 0.717) is 5.92 Å². The lowest BCUT2D eigenvalue weighted by molar-refractivity contribution is 0.0338. The highest BCUT2D eigenvalue weighted by molar-refractivity contribution is 4.65. The summed E-state index contributed by atoms with van der Waals surface area (Å²) in [7, 11) is 0. The number of rotatable bonds is 5. The molecule has 3 nitrogen and oxygen atoms in total. The Labute approximate surface area is 87.1 Å². The molecule has 0 saturated carbocycles. The van der Waals surface area contributed by atoms with Crippen molar-refractivity contribution in [2.75, 3.05) is 32.8 Å². The van der Waals surface area contributed by atoms with Crippen LogP contribution < -0.4 is 0 Å². The lowest BCUT2D eigenvalue weighted by atomic mass is 10.0. The van der Waals surface area contributed by atoms with Gasteiger partial charge in [-0.3, -0.25) is 4.90 Å². The fourth-order valence-electron chi connectivity index (χ4n) is 1.68. The molecule has 3 heteroatoms. The van der Waals surface area contributed by atoms with Crippen molar-refractivity contribution in [1.82, 2.24) is 4.90 Å². The van der Waals surface area contributed by atoms with Gasteiger partial charge in [0, 0.05) is 13.1 Å². The Kier molecular flexibility index (Phi) is 5.45. The fraction of sp³-hybridized carbons (Fsp3) is 1.00. The third-order valence-corrected chi connectivity index (χ3v) is 2.85. The van der Waals surface area contributed by atoms with E-state index < -0.39 is 0 Å². The molecule has 0 aromatic carbocycles. The molecule has 1 atom stereocenters. The van der Waals surface area contributed by atoms with Crippen LogP contribution in [0.4, 0.5) is 0 Å². The van der Waals surface area contributed by atoms with E-state index >= 15 is 0 Å². The number of hydrogen-bond acceptors (Lipinski definition) is 3. The van der Waals surface area contributed by atoms with Crippen LogP contribution in [0, 0.1) is 5.92 Å². The Bertz CT molecular complexity index is 144. The Morgan fingerprint density at radius 3 is 2.50 bits per heavy atom. The van der Waals surface area contributed by atoms with E-state index in [1.807, 2.05) is 0 Å². The van der Waals surface area contributed by atoms with Gasteiger partial charge >= 0.3 is 0 Å². The van der Waals surface area contributed by atoms with Gasteiger partial charge < -0.3 is 9.84 Å². The Morgan fingerprint density at radius 1 is 1.29 bits per heavy atom. The normalized spacial score (nSPS) is 21.4. The molecular weight excluding hydrogens is 178 g/mol. The lowest BCUT2D eigenvalue weighted by Gasteiger charge is -2.27. The zero-order valence-electron chi connectivity index (χ0n) is 9.41. The molecule has 1 unspecified atom stereocenters. The van der Waals surface area contributed by atoms with Crippen molar-refractivity contribution in [3.8, 4) is 0 Å². The molecule has 0 aromatic rings. The minimum absolute atomic E-state index is 0.129. The molecule has 1 fully saturated rings. The van der Waals surface area contributed by atoms with Crippen LogP contribution in [-0.4, -0.2) is 49.0 Å². The van der Waals surface area contributed by atoms with Gasteiger partial charge in [-0.1, -0.05) is 13.8 Å². The van der Waals surface area contributed by atoms with Crippen molar-refractivity contribution in [3.63, 3.8) is 0 Å². The van der Waals surface area contributed by atoms with Crippen molar-refractivity contribution < 1.29 is 9.84 Å². The summed E-state index contributed by atoms with van der Waals surface area (Å²) in [6, 6.07) is 0. The highest BCUT2D eigenvalue weighted by Gasteiger charge is 2.12. The van der Waals surface area contributed by atoms with Crippen LogP contribution in [0.15, 0.2) is 0 Å². The topological polar surface area (TPSA) is 32.7 Å². The molecule has 1 aliphatic rings. The smallest absolute Gasteiger partial charge is 0.0594 e. The van der Waals surface area contributed by atoms with Gasteiger partial charge in [0.1, 0.15) is 0 Å². The van der Waals surface area contributed by atoms with Crippen LogP contribution in [-0.2, 0) is 4.74 Å². The van der Waals surface area contributed by atoms with Gasteiger partial charge in [-0.25, -0.2) is 0 Å². The molecule has 0 spiro atoms. The molecule has 0 aliphatic carbocycles. The van der Waals surface area contributed by atoms with Gasteiger partial charge in [0.05, 0.1) is 19.3 Å². The molecule has 1 heterocycles. The first-order chi connectivity index (χ1) is 6.70. The van der Waals surface area contributed by atoms with E-state index in [1.54, 1.807) is 0 Å². The summed E-state index contributed by atoms with van der Waals surface area (Å²) in [5.41, 5.74) is 0. The van der Waals surface area contributed by atoms with E-state index in [9.17, 15) is 5.11 Å². The maximum absolute atomic E-state index is 9.61.